The van der Waals surface area contributed by atoms with Crippen LogP contribution in [0.5, 0.6) is 0 Å². The number of halogens is 5. The molecule has 0 saturated heterocycles. The first-order valence-corrected chi connectivity index (χ1v) is 5.80. The highest BCUT2D eigenvalue weighted by atomic mass is 19.2. The highest BCUT2D eigenvalue weighted by Gasteiger charge is 2.27. The third kappa shape index (κ3) is 2.86. The maximum Gasteiger partial charge on any atom is 0.200 e. The van der Waals surface area contributed by atoms with Crippen LogP contribution in [0.3, 0.4) is 0 Å². The number of nitrogens with one attached hydrogen (secondary N) is 1. The van der Waals surface area contributed by atoms with Crippen molar-refractivity contribution < 1.29 is 22.0 Å². The van der Waals surface area contributed by atoms with E-state index in [9.17, 15) is 22.0 Å². The summed E-state index contributed by atoms with van der Waals surface area (Å²) in [5.41, 5.74) is 1.54. The minimum absolute atomic E-state index is 0.369. The fourth-order valence-electron chi connectivity index (χ4n) is 1.64. The lowest BCUT2D eigenvalue weighted by Gasteiger charge is -2.08. The summed E-state index contributed by atoms with van der Waals surface area (Å²) in [6.07, 6.45) is 0. The molecule has 0 aliphatic carbocycles. The molecule has 2 aromatic rings. The van der Waals surface area contributed by atoms with Gasteiger partial charge < -0.3 is 0 Å². The van der Waals surface area contributed by atoms with E-state index >= 15 is 0 Å². The molecule has 7 heteroatoms. The number of benzene rings is 2. The highest BCUT2D eigenvalue weighted by molar-refractivity contribution is 5.99. The summed E-state index contributed by atoms with van der Waals surface area (Å²) in [6.45, 7) is 1.13. The molecule has 2 rings (SSSR count). The second kappa shape index (κ2) is 5.90. The first kappa shape index (κ1) is 15.0. The smallest absolute Gasteiger partial charge is 0.200 e. The lowest BCUT2D eigenvalue weighted by Crippen LogP contribution is -2.12. The van der Waals surface area contributed by atoms with E-state index in [-0.39, 0.29) is 5.71 Å². The molecule has 110 valence electrons. The molecule has 0 aliphatic heterocycles. The van der Waals surface area contributed by atoms with E-state index in [0.717, 1.165) is 6.92 Å². The molecule has 2 aromatic carbocycles. The van der Waals surface area contributed by atoms with Crippen LogP contribution in [0.1, 0.15) is 12.5 Å². The zero-order chi connectivity index (χ0) is 15.6. The average molecular weight is 300 g/mol. The first-order valence-electron chi connectivity index (χ1n) is 5.80. The van der Waals surface area contributed by atoms with Crippen LogP contribution in [0.25, 0.3) is 0 Å². The second-order valence-electron chi connectivity index (χ2n) is 4.12. The predicted molar refractivity (Wildman–Crippen MR) is 68.5 cm³/mol. The molecule has 0 aliphatic rings. The lowest BCUT2D eigenvalue weighted by molar-refractivity contribution is 0.377. The fourth-order valence-corrected chi connectivity index (χ4v) is 1.64. The average Bonchev–Trinajstić information content (AvgIpc) is 2.50. The van der Waals surface area contributed by atoms with Gasteiger partial charge in [-0.25, -0.2) is 22.0 Å². The topological polar surface area (TPSA) is 24.4 Å². The number of hydrazone groups is 1. The van der Waals surface area contributed by atoms with Gasteiger partial charge in [0.2, 0.25) is 5.82 Å². The normalized spacial score (nSPS) is 11.6. The van der Waals surface area contributed by atoms with Gasteiger partial charge in [-0.3, -0.25) is 5.43 Å². The Morgan fingerprint density at radius 2 is 1.29 bits per heavy atom. The van der Waals surface area contributed by atoms with Crippen molar-refractivity contribution in [2.24, 2.45) is 5.10 Å². The monoisotopic (exact) mass is 300 g/mol. The Morgan fingerprint density at radius 1 is 0.810 bits per heavy atom. The Bertz CT molecular complexity index is 669. The van der Waals surface area contributed by atoms with Gasteiger partial charge in [-0.15, -0.1) is 0 Å². The Labute approximate surface area is 116 Å². The second-order valence-corrected chi connectivity index (χ2v) is 4.12. The number of hydrogen-bond acceptors (Lipinski definition) is 2. The molecule has 0 atom stereocenters. The Balaban J connectivity index is 2.42. The number of para-hydroxylation sites is 1. The molecule has 0 bridgehead atoms. The summed E-state index contributed by atoms with van der Waals surface area (Å²) in [6, 6.07) is 8.35. The van der Waals surface area contributed by atoms with Gasteiger partial charge in [0.15, 0.2) is 23.3 Å². The van der Waals surface area contributed by atoms with E-state index in [0.29, 0.717) is 5.69 Å². The molecule has 0 radical (unpaired) electrons. The van der Waals surface area contributed by atoms with Gasteiger partial charge >= 0.3 is 0 Å². The van der Waals surface area contributed by atoms with Gasteiger partial charge in [-0.2, -0.15) is 5.10 Å². The summed E-state index contributed by atoms with van der Waals surface area (Å²) in [7, 11) is 0. The molecule has 0 spiro atoms. The molecule has 0 fully saturated rings. The highest BCUT2D eigenvalue weighted by Crippen LogP contribution is 2.23. The van der Waals surface area contributed by atoms with Crippen LogP contribution in [-0.4, -0.2) is 5.71 Å². The zero-order valence-electron chi connectivity index (χ0n) is 10.7. The summed E-state index contributed by atoms with van der Waals surface area (Å²) in [5.74, 6) is -10.0. The van der Waals surface area contributed by atoms with Crippen LogP contribution in [-0.2, 0) is 0 Å². The molecule has 0 unspecified atom stereocenters. The number of rotatable bonds is 3. The molecule has 0 amide bonds. The van der Waals surface area contributed by atoms with Gasteiger partial charge in [-0.05, 0) is 19.1 Å². The van der Waals surface area contributed by atoms with Crippen molar-refractivity contribution in [1.82, 2.24) is 0 Å². The number of hydrogen-bond donors (Lipinski definition) is 1. The largest absolute Gasteiger partial charge is 0.278 e. The van der Waals surface area contributed by atoms with Crippen molar-refractivity contribution in [2.45, 2.75) is 6.92 Å². The zero-order valence-corrected chi connectivity index (χ0v) is 10.7. The van der Waals surface area contributed by atoms with Gasteiger partial charge in [0.25, 0.3) is 0 Å². The van der Waals surface area contributed by atoms with E-state index in [2.05, 4.69) is 10.5 Å². The summed E-state index contributed by atoms with van der Waals surface area (Å²) in [5, 5.41) is 3.63. The van der Waals surface area contributed by atoms with Crippen molar-refractivity contribution in [1.29, 1.82) is 0 Å². The minimum Gasteiger partial charge on any atom is -0.278 e. The first-order chi connectivity index (χ1) is 9.93. The molecule has 1 N–H and O–H groups in total. The van der Waals surface area contributed by atoms with Crippen molar-refractivity contribution in [2.75, 3.05) is 5.43 Å². The van der Waals surface area contributed by atoms with E-state index in [4.69, 9.17) is 0 Å². The maximum absolute atomic E-state index is 13.5. The maximum atomic E-state index is 13.5. The SMILES string of the molecule is C/C(=N\Nc1ccccc1)c1c(F)c(F)c(F)c(F)c1F. The van der Waals surface area contributed by atoms with E-state index in [1.807, 2.05) is 0 Å². The number of anilines is 1. The van der Waals surface area contributed by atoms with Crippen LogP contribution in [0.4, 0.5) is 27.6 Å². The molecule has 0 heterocycles. The van der Waals surface area contributed by atoms with Crippen LogP contribution in [0.15, 0.2) is 35.4 Å². The molecular weight excluding hydrogens is 291 g/mol. The number of nitrogens with zero attached hydrogens (tertiary/aromatic N) is 1. The van der Waals surface area contributed by atoms with Crippen molar-refractivity contribution in [3.05, 3.63) is 65.0 Å². The molecule has 2 nitrogen and oxygen atoms in total. The third-order valence-corrected chi connectivity index (χ3v) is 2.70. The van der Waals surface area contributed by atoms with E-state index in [1.165, 1.54) is 0 Å². The van der Waals surface area contributed by atoms with Gasteiger partial charge in [0.05, 0.1) is 17.0 Å². The van der Waals surface area contributed by atoms with E-state index < -0.39 is 34.6 Å². The molecule has 0 aromatic heterocycles. The van der Waals surface area contributed by atoms with Gasteiger partial charge in [0.1, 0.15) is 0 Å². The van der Waals surface area contributed by atoms with Gasteiger partial charge in [0, 0.05) is 0 Å². The van der Waals surface area contributed by atoms with Crippen molar-refractivity contribution >= 4 is 11.4 Å². The standard InChI is InChI=1S/C14H9F5N2/c1-7(20-21-8-5-3-2-4-6-8)9-10(15)12(17)14(19)13(18)11(9)16/h2-6,21H,1H3/b20-7+. The third-order valence-electron chi connectivity index (χ3n) is 2.70. The van der Waals surface area contributed by atoms with Crippen LogP contribution in [0, 0.1) is 29.1 Å². The summed E-state index contributed by atoms with van der Waals surface area (Å²) in [4.78, 5) is 0. The Kier molecular flexibility index (Phi) is 4.21. The lowest BCUT2D eigenvalue weighted by atomic mass is 10.1. The fraction of sp³-hybridized carbons (Fsp3) is 0.0714. The van der Waals surface area contributed by atoms with Crippen LogP contribution < -0.4 is 5.43 Å². The molecule has 0 saturated carbocycles. The van der Waals surface area contributed by atoms with Crippen LogP contribution >= 0.6 is 0 Å². The van der Waals surface area contributed by atoms with Crippen molar-refractivity contribution in [3.8, 4) is 0 Å². The molecule has 21 heavy (non-hydrogen) atoms. The van der Waals surface area contributed by atoms with Gasteiger partial charge in [-0.1, -0.05) is 18.2 Å². The molecular formula is C14H9F5N2. The summed E-state index contributed by atoms with van der Waals surface area (Å²) < 4.78 is 66.2. The van der Waals surface area contributed by atoms with Crippen molar-refractivity contribution in [3.63, 3.8) is 0 Å². The summed E-state index contributed by atoms with van der Waals surface area (Å²) >= 11 is 0. The van der Waals surface area contributed by atoms with E-state index in [1.54, 1.807) is 30.3 Å². The quantitative estimate of drug-likeness (QED) is 0.296. The Hall–Kier alpha value is -2.44. The Morgan fingerprint density at radius 3 is 1.81 bits per heavy atom. The predicted octanol–water partition coefficient (Wildman–Crippen LogP) is 4.22. The minimum atomic E-state index is -2.20. The van der Waals surface area contributed by atoms with Crippen LogP contribution in [0.2, 0.25) is 0 Å².